The van der Waals surface area contributed by atoms with Crippen LogP contribution in [0.2, 0.25) is 0 Å². The first-order valence-corrected chi connectivity index (χ1v) is 9.60. The summed E-state index contributed by atoms with van der Waals surface area (Å²) in [4.78, 5) is 21.1. The Balaban J connectivity index is 1.99. The summed E-state index contributed by atoms with van der Waals surface area (Å²) < 4.78 is 0. The fourth-order valence-corrected chi connectivity index (χ4v) is 4.43. The van der Waals surface area contributed by atoms with E-state index in [0.717, 1.165) is 26.2 Å². The first kappa shape index (κ1) is 17.0. The van der Waals surface area contributed by atoms with E-state index >= 15 is 0 Å². The first-order valence-electron chi connectivity index (χ1n) is 7.91. The van der Waals surface area contributed by atoms with E-state index in [1.807, 2.05) is 19.9 Å². The van der Waals surface area contributed by atoms with E-state index in [1.54, 1.807) is 16.2 Å². The number of carbonyl (C=O) groups excluding carboxylic acids is 1. The molecule has 0 unspecified atom stereocenters. The number of aliphatic imine (C=N–C) groups is 1. The Morgan fingerprint density at radius 3 is 2.62 bits per heavy atom. The molecular weight excluding hydrogens is 336 g/mol. The van der Waals surface area contributed by atoms with Crippen LogP contribution < -0.4 is 0 Å². The van der Waals surface area contributed by atoms with Gasteiger partial charge in [-0.1, -0.05) is 12.1 Å². The first-order chi connectivity index (χ1) is 11.5. The molecule has 1 aliphatic rings. The maximum absolute atomic E-state index is 12.7. The zero-order chi connectivity index (χ0) is 17.3. The maximum Gasteiger partial charge on any atom is 0.266 e. The average Bonchev–Trinajstić information content (AvgIpc) is 3.08. The number of likely N-dealkylation sites (N-methyl/N-ethyl adjacent to an activating group) is 1. The number of amides is 1. The minimum Gasteiger partial charge on any atom is -0.287 e. The van der Waals surface area contributed by atoms with Crippen LogP contribution in [0, 0.1) is 20.8 Å². The summed E-state index contributed by atoms with van der Waals surface area (Å²) in [6, 6.07) is 8.28. The van der Waals surface area contributed by atoms with Gasteiger partial charge in [0, 0.05) is 11.4 Å². The molecule has 3 rings (SSSR count). The third kappa shape index (κ3) is 3.32. The third-order valence-corrected chi connectivity index (χ3v) is 5.92. The van der Waals surface area contributed by atoms with Gasteiger partial charge < -0.3 is 0 Å². The molecule has 1 amide bonds. The van der Waals surface area contributed by atoms with Crippen LogP contribution in [0.25, 0.3) is 6.08 Å². The van der Waals surface area contributed by atoms with Gasteiger partial charge in [-0.25, -0.2) is 4.99 Å². The Bertz CT molecular complexity index is 849. The molecule has 24 heavy (non-hydrogen) atoms. The Morgan fingerprint density at radius 2 is 1.96 bits per heavy atom. The normalized spacial score (nSPS) is 18.2. The van der Waals surface area contributed by atoms with Crippen molar-refractivity contribution < 1.29 is 4.79 Å². The summed E-state index contributed by atoms with van der Waals surface area (Å²) in [5.41, 5.74) is 4.41. The second kappa shape index (κ2) is 6.95. The molecule has 1 fully saturated rings. The summed E-state index contributed by atoms with van der Waals surface area (Å²) in [7, 11) is 0. The van der Waals surface area contributed by atoms with Crippen molar-refractivity contribution in [1.29, 1.82) is 0 Å². The third-order valence-electron chi connectivity index (χ3n) is 3.95. The van der Waals surface area contributed by atoms with E-state index in [2.05, 4.69) is 43.5 Å². The zero-order valence-corrected chi connectivity index (χ0v) is 15.9. The Hall–Kier alpha value is -1.85. The van der Waals surface area contributed by atoms with Crippen LogP contribution in [0.3, 0.4) is 0 Å². The van der Waals surface area contributed by atoms with Crippen LogP contribution in [0.15, 0.2) is 39.5 Å². The molecular formula is C19H20N2OS2. The molecule has 0 atom stereocenters. The van der Waals surface area contributed by atoms with Gasteiger partial charge in [0.2, 0.25) is 0 Å². The molecule has 0 bridgehead atoms. The van der Waals surface area contributed by atoms with Crippen molar-refractivity contribution in [2.45, 2.75) is 27.7 Å². The number of amidine groups is 1. The second-order valence-corrected chi connectivity index (χ2v) is 7.77. The van der Waals surface area contributed by atoms with Crippen LogP contribution in [0.4, 0.5) is 5.69 Å². The summed E-state index contributed by atoms with van der Waals surface area (Å²) in [5, 5.41) is 2.81. The average molecular weight is 357 g/mol. The Labute approximate surface area is 151 Å². The molecule has 3 nitrogen and oxygen atoms in total. The van der Waals surface area contributed by atoms with Gasteiger partial charge >= 0.3 is 0 Å². The number of nitrogens with zero attached hydrogens (tertiary/aromatic N) is 2. The van der Waals surface area contributed by atoms with Crippen molar-refractivity contribution in [3.05, 3.63) is 56.1 Å². The van der Waals surface area contributed by atoms with Crippen molar-refractivity contribution in [2.24, 2.45) is 4.99 Å². The van der Waals surface area contributed by atoms with Crippen LogP contribution in [0.5, 0.6) is 0 Å². The van der Waals surface area contributed by atoms with Gasteiger partial charge in [0.05, 0.1) is 10.6 Å². The number of aryl methyl sites for hydroxylation is 3. The smallest absolute Gasteiger partial charge is 0.266 e. The van der Waals surface area contributed by atoms with Gasteiger partial charge in [-0.3, -0.25) is 9.69 Å². The van der Waals surface area contributed by atoms with E-state index in [0.29, 0.717) is 6.54 Å². The molecule has 2 aromatic rings. The van der Waals surface area contributed by atoms with Crippen molar-refractivity contribution >= 4 is 45.9 Å². The minimum absolute atomic E-state index is 0.0411. The van der Waals surface area contributed by atoms with E-state index in [9.17, 15) is 4.79 Å². The Morgan fingerprint density at radius 1 is 1.17 bits per heavy atom. The van der Waals surface area contributed by atoms with Gasteiger partial charge in [0.15, 0.2) is 5.17 Å². The van der Waals surface area contributed by atoms with Gasteiger partial charge in [0.25, 0.3) is 5.91 Å². The number of benzene rings is 1. The molecule has 1 aromatic heterocycles. The lowest BCUT2D eigenvalue weighted by atomic mass is 10.1. The number of hydrogen-bond acceptors (Lipinski definition) is 4. The lowest BCUT2D eigenvalue weighted by molar-refractivity contribution is -0.122. The number of thioether (sulfide) groups is 1. The highest BCUT2D eigenvalue weighted by Crippen LogP contribution is 2.35. The molecule has 5 heteroatoms. The highest BCUT2D eigenvalue weighted by molar-refractivity contribution is 8.18. The predicted octanol–water partition coefficient (Wildman–Crippen LogP) is 5.30. The molecule has 1 saturated heterocycles. The molecule has 1 aliphatic heterocycles. The quantitative estimate of drug-likeness (QED) is 0.699. The maximum atomic E-state index is 12.7. The molecule has 0 N–H and O–H groups in total. The number of hydrogen-bond donors (Lipinski definition) is 0. The molecule has 0 radical (unpaired) electrons. The van der Waals surface area contributed by atoms with Crippen LogP contribution in [-0.2, 0) is 4.79 Å². The fraction of sp³-hybridized carbons (Fsp3) is 0.263. The summed E-state index contributed by atoms with van der Waals surface area (Å²) in [6.45, 7) is 8.77. The van der Waals surface area contributed by atoms with Crippen molar-refractivity contribution in [3.63, 3.8) is 0 Å². The van der Waals surface area contributed by atoms with Gasteiger partial charge in [-0.05, 0) is 79.7 Å². The summed E-state index contributed by atoms with van der Waals surface area (Å²) in [5.74, 6) is 0.0411. The van der Waals surface area contributed by atoms with Crippen molar-refractivity contribution in [3.8, 4) is 0 Å². The van der Waals surface area contributed by atoms with Crippen LogP contribution in [0.1, 0.15) is 28.5 Å². The lowest BCUT2D eigenvalue weighted by Gasteiger charge is -2.12. The lowest BCUT2D eigenvalue weighted by Crippen LogP contribution is -2.28. The molecule has 0 aliphatic carbocycles. The van der Waals surface area contributed by atoms with E-state index in [1.165, 1.54) is 22.9 Å². The Kier molecular flexibility index (Phi) is 4.92. The molecule has 0 spiro atoms. The number of thiophene rings is 1. The van der Waals surface area contributed by atoms with Gasteiger partial charge in [-0.2, -0.15) is 0 Å². The van der Waals surface area contributed by atoms with Crippen LogP contribution >= 0.6 is 23.1 Å². The van der Waals surface area contributed by atoms with E-state index in [-0.39, 0.29) is 5.91 Å². The zero-order valence-electron chi connectivity index (χ0n) is 14.3. The molecule has 2 heterocycles. The topological polar surface area (TPSA) is 32.7 Å². The van der Waals surface area contributed by atoms with Crippen molar-refractivity contribution in [2.75, 3.05) is 6.54 Å². The second-order valence-electron chi connectivity index (χ2n) is 5.81. The molecule has 1 aromatic carbocycles. The van der Waals surface area contributed by atoms with E-state index < -0.39 is 0 Å². The summed E-state index contributed by atoms with van der Waals surface area (Å²) >= 11 is 3.12. The highest BCUT2D eigenvalue weighted by Gasteiger charge is 2.32. The monoisotopic (exact) mass is 356 g/mol. The molecule has 0 saturated carbocycles. The number of rotatable bonds is 3. The SMILES string of the molecule is CCN1C(=O)/C(=C\c2sccc2C)SC1=Nc1cc(C)ccc1C. The van der Waals surface area contributed by atoms with Crippen LogP contribution in [-0.4, -0.2) is 22.5 Å². The van der Waals surface area contributed by atoms with Gasteiger partial charge in [0.1, 0.15) is 0 Å². The fourth-order valence-electron chi connectivity index (χ4n) is 2.46. The van der Waals surface area contributed by atoms with Gasteiger partial charge in [-0.15, -0.1) is 11.3 Å². The summed E-state index contributed by atoms with van der Waals surface area (Å²) in [6.07, 6.45) is 1.99. The number of carbonyl (C=O) groups is 1. The van der Waals surface area contributed by atoms with E-state index in [4.69, 9.17) is 4.99 Å². The highest BCUT2D eigenvalue weighted by atomic mass is 32.2. The standard InChI is InChI=1S/C19H20N2OS2/c1-5-21-18(22)17(11-16-14(4)8-9-23-16)24-19(21)20-15-10-12(2)6-7-13(15)3/h6-11H,5H2,1-4H3/b17-11+,20-19?. The largest absolute Gasteiger partial charge is 0.287 e. The molecule has 124 valence electrons. The minimum atomic E-state index is 0.0411. The predicted molar refractivity (Wildman–Crippen MR) is 105 cm³/mol. The van der Waals surface area contributed by atoms with Crippen molar-refractivity contribution in [1.82, 2.24) is 4.90 Å².